The van der Waals surface area contributed by atoms with E-state index in [1.807, 2.05) is 0 Å². The van der Waals surface area contributed by atoms with Gasteiger partial charge in [0.1, 0.15) is 0 Å². The lowest BCUT2D eigenvalue weighted by molar-refractivity contribution is -0.131. The number of hydrogen-bond donors (Lipinski definition) is 1. The molecule has 2 bridgehead atoms. The summed E-state index contributed by atoms with van der Waals surface area (Å²) in [5.41, 5.74) is 5.10. The topological polar surface area (TPSA) is 63.4 Å². The second-order valence-corrected chi connectivity index (χ2v) is 6.57. The van der Waals surface area contributed by atoms with E-state index < -0.39 is 0 Å². The molecular weight excluding hydrogens is 252 g/mol. The highest BCUT2D eigenvalue weighted by atomic mass is 16.2. The summed E-state index contributed by atoms with van der Waals surface area (Å²) in [6.45, 7) is 1.99. The van der Waals surface area contributed by atoms with E-state index in [4.69, 9.17) is 5.73 Å². The van der Waals surface area contributed by atoms with E-state index in [1.54, 1.807) is 0 Å². The van der Waals surface area contributed by atoms with Gasteiger partial charge in [-0.1, -0.05) is 12.8 Å². The lowest BCUT2D eigenvalue weighted by Gasteiger charge is -2.22. The van der Waals surface area contributed by atoms with Gasteiger partial charge in [-0.05, 0) is 50.4 Å². The molecule has 2 N–H and O–H groups in total. The first-order chi connectivity index (χ1) is 9.65. The summed E-state index contributed by atoms with van der Waals surface area (Å²) in [4.78, 5) is 25.0. The van der Waals surface area contributed by atoms with Crippen LogP contribution in [0, 0.1) is 11.8 Å². The maximum absolute atomic E-state index is 12.3. The van der Waals surface area contributed by atoms with E-state index in [-0.39, 0.29) is 5.91 Å². The SMILES string of the molecule is NC(=O)CCCCCCC(=O)N1CC2CCC(CC2)C1. The summed E-state index contributed by atoms with van der Waals surface area (Å²) in [5, 5.41) is 0. The predicted octanol–water partition coefficient (Wildman–Crippen LogP) is 2.46. The average molecular weight is 280 g/mol. The molecule has 0 atom stereocenters. The molecule has 0 radical (unpaired) electrons. The molecule has 0 aromatic heterocycles. The van der Waals surface area contributed by atoms with E-state index in [0.717, 1.165) is 50.6 Å². The normalized spacial score (nSPS) is 25.5. The van der Waals surface area contributed by atoms with Crippen LogP contribution >= 0.6 is 0 Å². The van der Waals surface area contributed by atoms with Crippen molar-refractivity contribution < 1.29 is 9.59 Å². The van der Waals surface area contributed by atoms with Crippen LogP contribution < -0.4 is 5.73 Å². The van der Waals surface area contributed by atoms with Gasteiger partial charge < -0.3 is 10.6 Å². The number of unbranched alkanes of at least 4 members (excludes halogenated alkanes) is 3. The minimum atomic E-state index is -0.221. The Morgan fingerprint density at radius 1 is 0.850 bits per heavy atom. The molecule has 3 aliphatic rings. The van der Waals surface area contributed by atoms with Gasteiger partial charge in [0.05, 0.1) is 0 Å². The Bertz CT molecular complexity index is 321. The third kappa shape index (κ3) is 4.80. The number of carbonyl (C=O) groups is 2. The number of amides is 2. The monoisotopic (exact) mass is 280 g/mol. The molecule has 3 fully saturated rings. The molecule has 4 heteroatoms. The second-order valence-electron chi connectivity index (χ2n) is 6.57. The number of hydrogen-bond acceptors (Lipinski definition) is 2. The van der Waals surface area contributed by atoms with Crippen molar-refractivity contribution in [3.63, 3.8) is 0 Å². The van der Waals surface area contributed by atoms with Crippen molar-refractivity contribution in [3.8, 4) is 0 Å². The summed E-state index contributed by atoms with van der Waals surface area (Å²) < 4.78 is 0. The molecule has 2 aliphatic heterocycles. The molecule has 1 saturated carbocycles. The molecule has 0 spiro atoms. The number of carbonyl (C=O) groups excluding carboxylic acids is 2. The average Bonchev–Trinajstić information content (AvgIpc) is 2.75. The van der Waals surface area contributed by atoms with Gasteiger partial charge in [0.25, 0.3) is 0 Å². The Labute approximate surface area is 122 Å². The van der Waals surface area contributed by atoms with Crippen molar-refractivity contribution in [1.82, 2.24) is 4.90 Å². The molecule has 2 heterocycles. The van der Waals surface area contributed by atoms with Gasteiger partial charge in [0.15, 0.2) is 0 Å². The first kappa shape index (κ1) is 15.3. The van der Waals surface area contributed by atoms with Crippen LogP contribution in [-0.4, -0.2) is 29.8 Å². The summed E-state index contributed by atoms with van der Waals surface area (Å²) in [6.07, 6.45) is 10.3. The van der Waals surface area contributed by atoms with Crippen LogP contribution in [0.3, 0.4) is 0 Å². The standard InChI is InChI=1S/C16H28N2O2/c17-15(19)5-3-1-2-4-6-16(20)18-11-13-7-8-14(12-18)10-9-13/h13-14H,1-12H2,(H2,17,19). The largest absolute Gasteiger partial charge is 0.370 e. The van der Waals surface area contributed by atoms with Crippen LogP contribution in [0.1, 0.15) is 64.2 Å². The molecule has 2 saturated heterocycles. The summed E-state index contributed by atoms with van der Waals surface area (Å²) in [5.74, 6) is 1.64. The van der Waals surface area contributed by atoms with Crippen molar-refractivity contribution in [2.24, 2.45) is 17.6 Å². The molecule has 1 aliphatic carbocycles. The van der Waals surface area contributed by atoms with Gasteiger partial charge in [-0.15, -0.1) is 0 Å². The van der Waals surface area contributed by atoms with Crippen LogP contribution in [0.5, 0.6) is 0 Å². The summed E-state index contributed by atoms with van der Waals surface area (Å²) in [6, 6.07) is 0. The number of nitrogens with zero attached hydrogens (tertiary/aromatic N) is 1. The highest BCUT2D eigenvalue weighted by molar-refractivity contribution is 5.76. The number of fused-ring (bicyclic) bond motifs is 4. The van der Waals surface area contributed by atoms with Crippen LogP contribution in [0.15, 0.2) is 0 Å². The fourth-order valence-electron chi connectivity index (χ4n) is 3.59. The molecule has 0 aromatic rings. The molecule has 2 amide bonds. The van der Waals surface area contributed by atoms with Gasteiger partial charge in [0, 0.05) is 25.9 Å². The second kappa shape index (κ2) is 7.65. The van der Waals surface area contributed by atoms with E-state index in [9.17, 15) is 9.59 Å². The first-order valence-corrected chi connectivity index (χ1v) is 8.21. The zero-order chi connectivity index (χ0) is 14.4. The summed E-state index contributed by atoms with van der Waals surface area (Å²) >= 11 is 0. The van der Waals surface area contributed by atoms with E-state index in [2.05, 4.69) is 4.90 Å². The number of rotatable bonds is 7. The minimum absolute atomic E-state index is 0.221. The molecule has 4 nitrogen and oxygen atoms in total. The molecule has 0 aromatic carbocycles. The Morgan fingerprint density at radius 3 is 1.85 bits per heavy atom. The number of primary amides is 1. The van der Waals surface area contributed by atoms with Gasteiger partial charge in [-0.25, -0.2) is 0 Å². The van der Waals surface area contributed by atoms with Crippen LogP contribution in [0.2, 0.25) is 0 Å². The molecule has 3 rings (SSSR count). The Hall–Kier alpha value is -1.06. The molecular formula is C16H28N2O2. The zero-order valence-electron chi connectivity index (χ0n) is 12.5. The van der Waals surface area contributed by atoms with Crippen molar-refractivity contribution in [1.29, 1.82) is 0 Å². The fraction of sp³-hybridized carbons (Fsp3) is 0.875. The van der Waals surface area contributed by atoms with Gasteiger partial charge in [0.2, 0.25) is 11.8 Å². The van der Waals surface area contributed by atoms with Crippen LogP contribution in [0.25, 0.3) is 0 Å². The highest BCUT2D eigenvalue weighted by Gasteiger charge is 2.31. The van der Waals surface area contributed by atoms with Crippen LogP contribution in [-0.2, 0) is 9.59 Å². The maximum Gasteiger partial charge on any atom is 0.222 e. The minimum Gasteiger partial charge on any atom is -0.370 e. The zero-order valence-corrected chi connectivity index (χ0v) is 12.5. The van der Waals surface area contributed by atoms with Crippen LogP contribution in [0.4, 0.5) is 0 Å². The number of nitrogens with two attached hydrogens (primary N) is 1. The predicted molar refractivity (Wildman–Crippen MR) is 78.9 cm³/mol. The first-order valence-electron chi connectivity index (χ1n) is 8.21. The highest BCUT2D eigenvalue weighted by Crippen LogP contribution is 2.34. The van der Waals surface area contributed by atoms with Crippen molar-refractivity contribution in [2.75, 3.05) is 13.1 Å². The quantitative estimate of drug-likeness (QED) is 0.728. The Morgan fingerprint density at radius 2 is 1.35 bits per heavy atom. The summed E-state index contributed by atoms with van der Waals surface area (Å²) in [7, 11) is 0. The van der Waals surface area contributed by atoms with Crippen molar-refractivity contribution in [2.45, 2.75) is 64.2 Å². The Kier molecular flexibility index (Phi) is 5.86. The van der Waals surface area contributed by atoms with Gasteiger partial charge in [-0.3, -0.25) is 9.59 Å². The molecule has 20 heavy (non-hydrogen) atoms. The van der Waals surface area contributed by atoms with Gasteiger partial charge >= 0.3 is 0 Å². The third-order valence-electron chi connectivity index (χ3n) is 4.84. The fourth-order valence-corrected chi connectivity index (χ4v) is 3.59. The lowest BCUT2D eigenvalue weighted by Crippen LogP contribution is -2.34. The van der Waals surface area contributed by atoms with E-state index in [0.29, 0.717) is 18.7 Å². The maximum atomic E-state index is 12.3. The van der Waals surface area contributed by atoms with E-state index in [1.165, 1.54) is 25.7 Å². The van der Waals surface area contributed by atoms with Gasteiger partial charge in [-0.2, -0.15) is 0 Å². The molecule has 0 unspecified atom stereocenters. The van der Waals surface area contributed by atoms with Crippen molar-refractivity contribution in [3.05, 3.63) is 0 Å². The lowest BCUT2D eigenvalue weighted by atomic mass is 9.84. The Balaban J connectivity index is 1.61. The van der Waals surface area contributed by atoms with E-state index >= 15 is 0 Å². The molecule has 114 valence electrons. The third-order valence-corrected chi connectivity index (χ3v) is 4.84. The van der Waals surface area contributed by atoms with Crippen molar-refractivity contribution >= 4 is 11.8 Å². The smallest absolute Gasteiger partial charge is 0.222 e.